The lowest BCUT2D eigenvalue weighted by Crippen LogP contribution is -1.98. The minimum Gasteiger partial charge on any atom is -0.435 e. The van der Waals surface area contributed by atoms with Gasteiger partial charge in [-0.2, -0.15) is 0 Å². The zero-order chi connectivity index (χ0) is 11.0. The van der Waals surface area contributed by atoms with Crippen LogP contribution in [0.3, 0.4) is 0 Å². The van der Waals surface area contributed by atoms with Gasteiger partial charge in [-0.3, -0.25) is 8.98 Å². The standard InChI is InChI=1S/C4H6O2.C3H6O4S/c1-3-6-4(2)5;4-8(5)7-2-3-1-6-3/h3H,1H2,2H3;3,8H,1-2H2. The predicted octanol–water partition coefficient (Wildman–Crippen LogP) is -0.379. The molecule has 0 amide bonds. The third-order valence-electron chi connectivity index (χ3n) is 1.02. The number of ether oxygens (including phenoxy) is 2. The lowest BCUT2D eigenvalue weighted by Gasteiger charge is -1.85. The third-order valence-corrected chi connectivity index (χ3v) is 1.38. The molecule has 1 heterocycles. The molecule has 1 unspecified atom stereocenters. The van der Waals surface area contributed by atoms with E-state index in [4.69, 9.17) is 0 Å². The first-order chi connectivity index (χ1) is 6.56. The summed E-state index contributed by atoms with van der Waals surface area (Å²) in [7, 11) is -2.67. The largest absolute Gasteiger partial charge is 0.435 e. The van der Waals surface area contributed by atoms with Crippen LogP contribution in [0, 0.1) is 0 Å². The van der Waals surface area contributed by atoms with Gasteiger partial charge in [0.25, 0.3) is 11.0 Å². The summed E-state index contributed by atoms with van der Waals surface area (Å²) >= 11 is 0. The van der Waals surface area contributed by atoms with Gasteiger partial charge in [0.15, 0.2) is 0 Å². The molecule has 0 aromatic heterocycles. The topological polar surface area (TPSA) is 82.2 Å². The Morgan fingerprint density at radius 1 is 1.71 bits per heavy atom. The molecule has 14 heavy (non-hydrogen) atoms. The van der Waals surface area contributed by atoms with Crippen LogP contribution in [-0.4, -0.2) is 33.7 Å². The highest BCUT2D eigenvalue weighted by atomic mass is 32.2. The highest BCUT2D eigenvalue weighted by molar-refractivity contribution is 7.67. The number of thiol groups is 1. The van der Waals surface area contributed by atoms with Gasteiger partial charge in [-0.05, 0) is 0 Å². The molecule has 0 N–H and O–H groups in total. The molecule has 0 aliphatic carbocycles. The van der Waals surface area contributed by atoms with Gasteiger partial charge in [0, 0.05) is 6.92 Å². The van der Waals surface area contributed by atoms with Crippen LogP contribution in [0.25, 0.3) is 0 Å². The molecular formula is C7H12O6S. The van der Waals surface area contributed by atoms with E-state index in [9.17, 15) is 13.2 Å². The first kappa shape index (κ1) is 13.1. The van der Waals surface area contributed by atoms with Gasteiger partial charge in [0.2, 0.25) is 0 Å². The summed E-state index contributed by atoms with van der Waals surface area (Å²) in [6.45, 7) is 5.29. The number of esters is 1. The Bertz CT molecular complexity index is 247. The molecule has 1 rings (SSSR count). The van der Waals surface area contributed by atoms with Crippen LogP contribution in [0.15, 0.2) is 12.8 Å². The molecule has 1 aliphatic heterocycles. The van der Waals surface area contributed by atoms with Crippen molar-refractivity contribution in [2.75, 3.05) is 13.2 Å². The van der Waals surface area contributed by atoms with Gasteiger partial charge in [-0.15, -0.1) is 0 Å². The monoisotopic (exact) mass is 224 g/mol. The van der Waals surface area contributed by atoms with E-state index in [0.717, 1.165) is 6.26 Å². The van der Waals surface area contributed by atoms with Crippen molar-refractivity contribution in [2.24, 2.45) is 0 Å². The average molecular weight is 224 g/mol. The Labute approximate surface area is 83.6 Å². The van der Waals surface area contributed by atoms with E-state index in [1.165, 1.54) is 6.92 Å². The smallest absolute Gasteiger partial charge is 0.307 e. The van der Waals surface area contributed by atoms with Gasteiger partial charge in [-0.25, -0.2) is 8.42 Å². The van der Waals surface area contributed by atoms with Crippen molar-refractivity contribution in [3.8, 4) is 0 Å². The van der Waals surface area contributed by atoms with Crippen molar-refractivity contribution < 1.29 is 26.9 Å². The Balaban J connectivity index is 0.000000255. The second-order valence-corrected chi connectivity index (χ2v) is 2.96. The van der Waals surface area contributed by atoms with Crippen LogP contribution >= 0.6 is 0 Å². The molecule has 0 bridgehead atoms. The lowest BCUT2D eigenvalue weighted by atomic mass is 10.5. The van der Waals surface area contributed by atoms with Crippen molar-refractivity contribution in [2.45, 2.75) is 13.0 Å². The molecule has 1 atom stereocenters. The summed E-state index contributed by atoms with van der Waals surface area (Å²) in [5.74, 6) is -0.329. The summed E-state index contributed by atoms with van der Waals surface area (Å²) in [6, 6.07) is 0. The van der Waals surface area contributed by atoms with Crippen molar-refractivity contribution >= 4 is 17.0 Å². The minimum absolute atomic E-state index is 0.0305. The summed E-state index contributed by atoms with van der Waals surface area (Å²) in [5, 5.41) is 0. The maximum Gasteiger partial charge on any atom is 0.307 e. The first-order valence-electron chi connectivity index (χ1n) is 3.73. The normalized spacial score (nSPS) is 18.0. The highest BCUT2D eigenvalue weighted by Crippen LogP contribution is 2.07. The number of epoxide rings is 1. The van der Waals surface area contributed by atoms with E-state index in [1.54, 1.807) is 0 Å². The van der Waals surface area contributed by atoms with E-state index in [0.29, 0.717) is 6.61 Å². The van der Waals surface area contributed by atoms with Crippen molar-refractivity contribution in [1.29, 1.82) is 0 Å². The van der Waals surface area contributed by atoms with Crippen LogP contribution in [0.4, 0.5) is 0 Å². The number of carbonyl (C=O) groups excluding carboxylic acids is 1. The maximum absolute atomic E-state index is 9.75. The Kier molecular flexibility index (Phi) is 6.99. The van der Waals surface area contributed by atoms with E-state index < -0.39 is 11.0 Å². The number of carbonyl (C=O) groups is 1. The Hall–Kier alpha value is -0.920. The molecule has 7 heteroatoms. The van der Waals surface area contributed by atoms with E-state index in [-0.39, 0.29) is 18.7 Å². The van der Waals surface area contributed by atoms with Gasteiger partial charge >= 0.3 is 5.97 Å². The maximum atomic E-state index is 9.75. The molecule has 1 saturated heterocycles. The molecular weight excluding hydrogens is 212 g/mol. The van der Waals surface area contributed by atoms with E-state index in [2.05, 4.69) is 20.2 Å². The van der Waals surface area contributed by atoms with Crippen LogP contribution in [0.1, 0.15) is 6.92 Å². The Morgan fingerprint density at radius 3 is 2.50 bits per heavy atom. The van der Waals surface area contributed by atoms with Crippen molar-refractivity contribution in [1.82, 2.24) is 0 Å². The van der Waals surface area contributed by atoms with Gasteiger partial charge in [0.05, 0.1) is 19.5 Å². The van der Waals surface area contributed by atoms with Crippen LogP contribution in [-0.2, 0) is 29.4 Å². The molecule has 0 saturated carbocycles. The fourth-order valence-corrected chi connectivity index (χ4v) is 0.714. The third kappa shape index (κ3) is 11.1. The van der Waals surface area contributed by atoms with Crippen LogP contribution in [0.5, 0.6) is 0 Å². The van der Waals surface area contributed by atoms with Gasteiger partial charge in [0.1, 0.15) is 6.10 Å². The summed E-state index contributed by atoms with van der Waals surface area (Å²) in [6.07, 6.45) is 1.13. The summed E-state index contributed by atoms with van der Waals surface area (Å²) in [4.78, 5) is 9.75. The fraction of sp³-hybridized carbons (Fsp3) is 0.571. The molecule has 0 radical (unpaired) electrons. The molecule has 6 nitrogen and oxygen atoms in total. The first-order valence-corrected chi connectivity index (χ1v) is 4.82. The summed E-state index contributed by atoms with van der Waals surface area (Å²) < 4.78 is 32.4. The predicted molar refractivity (Wildman–Crippen MR) is 48.0 cm³/mol. The average Bonchev–Trinajstić information content (AvgIpc) is 2.84. The number of hydrogen-bond acceptors (Lipinski definition) is 6. The zero-order valence-electron chi connectivity index (χ0n) is 7.67. The molecule has 0 spiro atoms. The SMILES string of the molecule is C=COC(C)=O.O=[SH](=O)OCC1CO1. The van der Waals surface area contributed by atoms with Crippen LogP contribution < -0.4 is 0 Å². The minimum atomic E-state index is -2.67. The van der Waals surface area contributed by atoms with Crippen molar-refractivity contribution in [3.05, 3.63) is 12.8 Å². The molecule has 0 aromatic rings. The van der Waals surface area contributed by atoms with Crippen LogP contribution in [0.2, 0.25) is 0 Å². The highest BCUT2D eigenvalue weighted by Gasteiger charge is 2.22. The molecule has 82 valence electrons. The molecule has 1 aliphatic rings. The number of hydrogen-bond donors (Lipinski definition) is 1. The zero-order valence-corrected chi connectivity index (χ0v) is 8.57. The fourth-order valence-electron chi connectivity index (χ4n) is 0.426. The summed E-state index contributed by atoms with van der Waals surface area (Å²) in [5.41, 5.74) is 0. The second-order valence-electron chi connectivity index (χ2n) is 2.25. The quantitative estimate of drug-likeness (QED) is 0.303. The molecule has 1 fully saturated rings. The van der Waals surface area contributed by atoms with Crippen molar-refractivity contribution in [3.63, 3.8) is 0 Å². The van der Waals surface area contributed by atoms with Gasteiger partial charge in [-0.1, -0.05) is 6.58 Å². The lowest BCUT2D eigenvalue weighted by molar-refractivity contribution is -0.135. The Morgan fingerprint density at radius 2 is 2.29 bits per heavy atom. The van der Waals surface area contributed by atoms with Gasteiger partial charge < -0.3 is 9.47 Å². The number of rotatable bonds is 4. The van der Waals surface area contributed by atoms with E-state index >= 15 is 0 Å². The van der Waals surface area contributed by atoms with E-state index in [1.807, 2.05) is 0 Å². The second kappa shape index (κ2) is 7.48. The molecule has 0 aromatic carbocycles.